The summed E-state index contributed by atoms with van der Waals surface area (Å²) in [6, 6.07) is 8.38. The van der Waals surface area contributed by atoms with E-state index in [-0.39, 0.29) is 17.9 Å². The lowest BCUT2D eigenvalue weighted by molar-refractivity contribution is -0.127. The van der Waals surface area contributed by atoms with E-state index in [0.717, 1.165) is 32.4 Å². The number of hydrogen-bond acceptors (Lipinski definition) is 3. The predicted octanol–water partition coefficient (Wildman–Crippen LogP) is 1.59. The van der Waals surface area contributed by atoms with Gasteiger partial charge in [0.05, 0.1) is 18.6 Å². The summed E-state index contributed by atoms with van der Waals surface area (Å²) in [6.07, 6.45) is 3.11. The van der Waals surface area contributed by atoms with Gasteiger partial charge in [-0.1, -0.05) is 24.3 Å². The molecule has 1 saturated heterocycles. The number of nitrogens with zero attached hydrogens (tertiary/aromatic N) is 1. The molecule has 0 radical (unpaired) electrons. The van der Waals surface area contributed by atoms with Crippen LogP contribution in [0.25, 0.3) is 0 Å². The first-order chi connectivity index (χ1) is 10.2. The predicted molar refractivity (Wildman–Crippen MR) is 82.0 cm³/mol. The van der Waals surface area contributed by atoms with E-state index in [4.69, 9.17) is 4.74 Å². The number of carbonyl (C=O) groups is 1. The van der Waals surface area contributed by atoms with Crippen LogP contribution in [-0.4, -0.2) is 43.6 Å². The molecule has 1 aromatic rings. The van der Waals surface area contributed by atoms with Crippen LogP contribution < -0.4 is 5.32 Å². The first-order valence-corrected chi connectivity index (χ1v) is 7.87. The summed E-state index contributed by atoms with van der Waals surface area (Å²) < 4.78 is 5.84. The molecule has 114 valence electrons. The van der Waals surface area contributed by atoms with Gasteiger partial charge >= 0.3 is 0 Å². The van der Waals surface area contributed by atoms with Gasteiger partial charge in [0.1, 0.15) is 0 Å². The average Bonchev–Trinajstić information content (AvgIpc) is 2.52. The van der Waals surface area contributed by atoms with E-state index in [2.05, 4.69) is 35.5 Å². The summed E-state index contributed by atoms with van der Waals surface area (Å²) in [6.45, 7) is 3.25. The molecule has 0 aromatic heterocycles. The molecular formula is C17H24N2O2. The standard InChI is InChI=1S/C17H24N2O2/c1-19-8-4-7-14(11-19)17(20)18-10-16-9-13-5-2-3-6-15(13)12-21-16/h2-3,5-6,14,16H,4,7-12H2,1H3,(H,18,20). The fraction of sp³-hybridized carbons (Fsp3) is 0.588. The Morgan fingerprint density at radius 1 is 1.38 bits per heavy atom. The zero-order chi connectivity index (χ0) is 14.7. The summed E-state index contributed by atoms with van der Waals surface area (Å²) in [5.74, 6) is 0.323. The number of rotatable bonds is 3. The van der Waals surface area contributed by atoms with Gasteiger partial charge < -0.3 is 15.0 Å². The van der Waals surface area contributed by atoms with E-state index in [9.17, 15) is 4.79 Å². The molecule has 2 unspecified atom stereocenters. The highest BCUT2D eigenvalue weighted by Gasteiger charge is 2.25. The van der Waals surface area contributed by atoms with Crippen molar-refractivity contribution in [1.29, 1.82) is 0 Å². The minimum Gasteiger partial charge on any atom is -0.371 e. The summed E-state index contributed by atoms with van der Waals surface area (Å²) in [5.41, 5.74) is 2.62. The topological polar surface area (TPSA) is 41.6 Å². The molecule has 1 N–H and O–H groups in total. The van der Waals surface area contributed by atoms with E-state index in [0.29, 0.717) is 13.2 Å². The molecule has 0 bridgehead atoms. The lowest BCUT2D eigenvalue weighted by Crippen LogP contribution is -2.44. The number of hydrogen-bond donors (Lipinski definition) is 1. The second-order valence-corrected chi connectivity index (χ2v) is 6.25. The average molecular weight is 288 g/mol. The molecule has 0 spiro atoms. The molecule has 4 nitrogen and oxygen atoms in total. The maximum Gasteiger partial charge on any atom is 0.224 e. The fourth-order valence-corrected chi connectivity index (χ4v) is 3.28. The van der Waals surface area contributed by atoms with Crippen molar-refractivity contribution in [1.82, 2.24) is 10.2 Å². The molecule has 21 heavy (non-hydrogen) atoms. The van der Waals surface area contributed by atoms with E-state index in [1.54, 1.807) is 0 Å². The quantitative estimate of drug-likeness (QED) is 0.918. The van der Waals surface area contributed by atoms with Crippen LogP contribution in [0.4, 0.5) is 0 Å². The molecule has 2 aliphatic rings. The lowest BCUT2D eigenvalue weighted by atomic mass is 9.97. The Kier molecular flexibility index (Phi) is 4.56. The van der Waals surface area contributed by atoms with Gasteiger partial charge in [-0.25, -0.2) is 0 Å². The zero-order valence-electron chi connectivity index (χ0n) is 12.7. The number of benzene rings is 1. The van der Waals surface area contributed by atoms with Gasteiger partial charge in [0.2, 0.25) is 5.91 Å². The Balaban J connectivity index is 1.49. The first-order valence-electron chi connectivity index (χ1n) is 7.87. The largest absolute Gasteiger partial charge is 0.371 e. The van der Waals surface area contributed by atoms with Crippen LogP contribution in [0, 0.1) is 5.92 Å². The van der Waals surface area contributed by atoms with Crippen LogP contribution in [0.2, 0.25) is 0 Å². The maximum atomic E-state index is 12.2. The van der Waals surface area contributed by atoms with Crippen LogP contribution >= 0.6 is 0 Å². The second kappa shape index (κ2) is 6.58. The van der Waals surface area contributed by atoms with Crippen LogP contribution in [0.3, 0.4) is 0 Å². The monoisotopic (exact) mass is 288 g/mol. The molecule has 1 fully saturated rings. The van der Waals surface area contributed by atoms with Crippen LogP contribution in [0.15, 0.2) is 24.3 Å². The Bertz CT molecular complexity index is 503. The fourth-order valence-electron chi connectivity index (χ4n) is 3.28. The zero-order valence-corrected chi connectivity index (χ0v) is 12.7. The van der Waals surface area contributed by atoms with E-state index in [1.165, 1.54) is 11.1 Å². The molecule has 2 heterocycles. The van der Waals surface area contributed by atoms with Crippen molar-refractivity contribution in [2.45, 2.75) is 32.0 Å². The van der Waals surface area contributed by atoms with Crippen molar-refractivity contribution >= 4 is 5.91 Å². The molecule has 2 aliphatic heterocycles. The summed E-state index contributed by atoms with van der Waals surface area (Å²) in [4.78, 5) is 14.5. The minimum absolute atomic E-state index is 0.102. The summed E-state index contributed by atoms with van der Waals surface area (Å²) in [5, 5.41) is 3.08. The molecule has 0 saturated carbocycles. The Morgan fingerprint density at radius 2 is 2.19 bits per heavy atom. The van der Waals surface area contributed by atoms with Crippen LogP contribution in [-0.2, 0) is 22.6 Å². The number of ether oxygens (including phenoxy) is 1. The summed E-state index contributed by atoms with van der Waals surface area (Å²) in [7, 11) is 2.08. The smallest absolute Gasteiger partial charge is 0.224 e. The summed E-state index contributed by atoms with van der Waals surface area (Å²) >= 11 is 0. The third-order valence-electron chi connectivity index (χ3n) is 4.54. The van der Waals surface area contributed by atoms with Gasteiger partial charge in [0.25, 0.3) is 0 Å². The highest BCUT2D eigenvalue weighted by atomic mass is 16.5. The van der Waals surface area contributed by atoms with Gasteiger partial charge in [-0.15, -0.1) is 0 Å². The number of piperidine rings is 1. The number of likely N-dealkylation sites (tertiary alicyclic amines) is 1. The Hall–Kier alpha value is -1.39. The maximum absolute atomic E-state index is 12.2. The van der Waals surface area contributed by atoms with E-state index < -0.39 is 0 Å². The van der Waals surface area contributed by atoms with Gasteiger partial charge in [0, 0.05) is 19.5 Å². The Labute approximate surface area is 126 Å². The molecule has 1 aromatic carbocycles. The number of fused-ring (bicyclic) bond motifs is 1. The van der Waals surface area contributed by atoms with Crippen molar-refractivity contribution in [3.8, 4) is 0 Å². The number of carbonyl (C=O) groups excluding carboxylic acids is 1. The molecular weight excluding hydrogens is 264 g/mol. The third-order valence-corrected chi connectivity index (χ3v) is 4.54. The molecule has 2 atom stereocenters. The van der Waals surface area contributed by atoms with Crippen molar-refractivity contribution in [3.05, 3.63) is 35.4 Å². The lowest BCUT2D eigenvalue weighted by Gasteiger charge is -2.30. The van der Waals surface area contributed by atoms with Crippen molar-refractivity contribution in [2.24, 2.45) is 5.92 Å². The van der Waals surface area contributed by atoms with Crippen LogP contribution in [0.1, 0.15) is 24.0 Å². The Morgan fingerprint density at radius 3 is 3.00 bits per heavy atom. The van der Waals surface area contributed by atoms with Gasteiger partial charge in [-0.05, 0) is 37.6 Å². The van der Waals surface area contributed by atoms with Crippen molar-refractivity contribution in [2.75, 3.05) is 26.7 Å². The van der Waals surface area contributed by atoms with E-state index >= 15 is 0 Å². The number of amides is 1. The SMILES string of the molecule is CN1CCCC(C(=O)NCC2Cc3ccccc3CO2)C1. The van der Waals surface area contributed by atoms with E-state index in [1.807, 2.05) is 6.07 Å². The van der Waals surface area contributed by atoms with Gasteiger partial charge in [0.15, 0.2) is 0 Å². The molecule has 3 rings (SSSR count). The van der Waals surface area contributed by atoms with Gasteiger partial charge in [-0.3, -0.25) is 4.79 Å². The third kappa shape index (κ3) is 3.63. The molecule has 1 amide bonds. The van der Waals surface area contributed by atoms with Crippen LogP contribution in [0.5, 0.6) is 0 Å². The minimum atomic E-state index is 0.102. The normalized spacial score (nSPS) is 26.1. The second-order valence-electron chi connectivity index (χ2n) is 6.25. The highest BCUT2D eigenvalue weighted by Crippen LogP contribution is 2.20. The van der Waals surface area contributed by atoms with Crippen molar-refractivity contribution in [3.63, 3.8) is 0 Å². The molecule has 4 heteroatoms. The molecule has 0 aliphatic carbocycles. The highest BCUT2D eigenvalue weighted by molar-refractivity contribution is 5.79. The van der Waals surface area contributed by atoms with Gasteiger partial charge in [-0.2, -0.15) is 0 Å². The number of nitrogens with one attached hydrogen (secondary N) is 1. The van der Waals surface area contributed by atoms with Crippen molar-refractivity contribution < 1.29 is 9.53 Å². The first kappa shape index (κ1) is 14.5.